The molecule has 2 aliphatic rings. The lowest BCUT2D eigenvalue weighted by molar-refractivity contribution is -0.148. The number of aryl methyl sites for hydroxylation is 1. The number of ether oxygens (including phenoxy) is 1. The largest absolute Gasteiger partial charge is 0.481 e. The van der Waals surface area contributed by atoms with Crippen molar-refractivity contribution in [1.29, 1.82) is 0 Å². The van der Waals surface area contributed by atoms with Crippen LogP contribution in [-0.2, 0) is 19.7 Å². The fraction of sp³-hybridized carbons (Fsp3) is 0.500. The molecule has 2 saturated carbocycles. The van der Waals surface area contributed by atoms with Crippen LogP contribution in [0.3, 0.4) is 0 Å². The molecule has 2 aliphatic carbocycles. The Morgan fingerprint density at radius 3 is 2.21 bits per heavy atom. The van der Waals surface area contributed by atoms with Crippen molar-refractivity contribution in [3.8, 4) is 11.1 Å². The summed E-state index contributed by atoms with van der Waals surface area (Å²) in [6, 6.07) is 8.09. The first kappa shape index (κ1) is 23.5. The van der Waals surface area contributed by atoms with Crippen LogP contribution in [0.2, 0.25) is 0 Å². The first-order valence-electron chi connectivity index (χ1n) is 11.4. The Hall–Kier alpha value is -2.67. The Morgan fingerprint density at radius 1 is 1.06 bits per heavy atom. The smallest absolute Gasteiger partial charge is 0.341 e. The van der Waals surface area contributed by atoms with Crippen LogP contribution in [0.25, 0.3) is 11.1 Å². The van der Waals surface area contributed by atoms with E-state index in [0.29, 0.717) is 10.6 Å². The van der Waals surface area contributed by atoms with Crippen LogP contribution in [0.1, 0.15) is 60.8 Å². The molecule has 176 valence electrons. The lowest BCUT2D eigenvalue weighted by Gasteiger charge is -2.26. The van der Waals surface area contributed by atoms with Gasteiger partial charge in [0.05, 0.1) is 18.9 Å². The Balaban J connectivity index is 1.69. The number of benzene rings is 1. The standard InChI is InChI=1S/C26H31NO5S/c1-13-18(14-8-10-17(11-9-14)26(2,3)4)21(25(31)32-5)23(33-13)27-22(28)19-15-6-7-16(12-15)20(19)24(29)30/h8-11,15-16,19-20H,6-7,12H2,1-5H3,(H,27,28)(H,29,30)/t15-,16+,19-,20+/m1/s1. The fourth-order valence-corrected chi connectivity index (χ4v) is 6.70. The number of carbonyl (C=O) groups excluding carboxylic acids is 2. The number of aliphatic carboxylic acids is 1. The average Bonchev–Trinajstić information content (AvgIpc) is 3.45. The average molecular weight is 470 g/mol. The molecule has 0 unspecified atom stereocenters. The molecular formula is C26H31NO5S. The molecule has 4 atom stereocenters. The lowest BCUT2D eigenvalue weighted by Crippen LogP contribution is -2.37. The zero-order chi connectivity index (χ0) is 24.1. The van der Waals surface area contributed by atoms with E-state index in [1.807, 2.05) is 19.1 Å². The molecule has 0 spiro atoms. The molecule has 6 nitrogen and oxygen atoms in total. The Kier molecular flexibility index (Phi) is 6.12. The van der Waals surface area contributed by atoms with E-state index in [9.17, 15) is 19.5 Å². The maximum atomic E-state index is 13.3. The summed E-state index contributed by atoms with van der Waals surface area (Å²) in [7, 11) is 1.32. The van der Waals surface area contributed by atoms with E-state index < -0.39 is 23.8 Å². The maximum Gasteiger partial charge on any atom is 0.341 e. The summed E-state index contributed by atoms with van der Waals surface area (Å²) in [5.41, 5.74) is 3.13. The number of carboxylic acid groups (broad SMARTS) is 1. The number of thiophene rings is 1. The number of fused-ring (bicyclic) bond motifs is 2. The van der Waals surface area contributed by atoms with Crippen molar-refractivity contribution >= 4 is 34.2 Å². The molecule has 0 aliphatic heterocycles. The van der Waals surface area contributed by atoms with Crippen molar-refractivity contribution in [2.75, 3.05) is 12.4 Å². The highest BCUT2D eigenvalue weighted by Gasteiger charge is 2.54. The number of methoxy groups -OCH3 is 1. The number of nitrogens with one attached hydrogen (secondary N) is 1. The number of carbonyl (C=O) groups is 3. The molecule has 7 heteroatoms. The molecule has 2 N–H and O–H groups in total. The van der Waals surface area contributed by atoms with Crippen molar-refractivity contribution in [2.45, 2.75) is 52.4 Å². The zero-order valence-electron chi connectivity index (χ0n) is 19.7. The van der Waals surface area contributed by atoms with E-state index in [0.717, 1.165) is 35.3 Å². The predicted molar refractivity (Wildman–Crippen MR) is 129 cm³/mol. The second-order valence-electron chi connectivity index (χ2n) is 10.3. The Labute approximate surface area is 198 Å². The van der Waals surface area contributed by atoms with Gasteiger partial charge in [0.1, 0.15) is 10.6 Å². The summed E-state index contributed by atoms with van der Waals surface area (Å²) in [6.45, 7) is 8.35. The van der Waals surface area contributed by atoms with E-state index >= 15 is 0 Å². The van der Waals surface area contributed by atoms with Gasteiger partial charge >= 0.3 is 11.9 Å². The summed E-state index contributed by atoms with van der Waals surface area (Å²) in [5.74, 6) is -2.81. The molecule has 2 fully saturated rings. The van der Waals surface area contributed by atoms with E-state index in [1.165, 1.54) is 24.0 Å². The van der Waals surface area contributed by atoms with Gasteiger partial charge in [0.15, 0.2) is 0 Å². The summed E-state index contributed by atoms with van der Waals surface area (Å²) >= 11 is 1.33. The van der Waals surface area contributed by atoms with Crippen LogP contribution < -0.4 is 5.32 Å². The number of hydrogen-bond donors (Lipinski definition) is 2. The van der Waals surface area contributed by atoms with E-state index in [4.69, 9.17) is 4.74 Å². The zero-order valence-corrected chi connectivity index (χ0v) is 20.5. The van der Waals surface area contributed by atoms with Gasteiger partial charge < -0.3 is 15.2 Å². The lowest BCUT2D eigenvalue weighted by atomic mass is 9.78. The number of amides is 1. The van der Waals surface area contributed by atoms with Crippen molar-refractivity contribution < 1.29 is 24.2 Å². The molecule has 2 aromatic rings. The second-order valence-corrected chi connectivity index (χ2v) is 11.5. The SMILES string of the molecule is COC(=O)c1c(NC(=O)[C@@H]2[C@@H]3CC[C@@H](C3)[C@@H]2C(=O)O)sc(C)c1-c1ccc(C(C)(C)C)cc1. The number of anilines is 1. The molecule has 2 bridgehead atoms. The normalized spacial score (nSPS) is 24.0. The van der Waals surface area contributed by atoms with Gasteiger partial charge in [-0.25, -0.2) is 4.79 Å². The third-order valence-corrected chi connectivity index (χ3v) is 8.28. The second kappa shape index (κ2) is 8.60. The van der Waals surface area contributed by atoms with Crippen molar-refractivity contribution in [3.05, 3.63) is 40.3 Å². The molecular weight excluding hydrogens is 438 g/mol. The fourth-order valence-electron chi connectivity index (χ4n) is 5.63. The first-order chi connectivity index (χ1) is 15.5. The highest BCUT2D eigenvalue weighted by Crippen LogP contribution is 2.53. The molecule has 4 rings (SSSR count). The van der Waals surface area contributed by atoms with Gasteiger partial charge in [-0.1, -0.05) is 45.0 Å². The molecule has 1 heterocycles. The van der Waals surface area contributed by atoms with Crippen LogP contribution >= 0.6 is 11.3 Å². The van der Waals surface area contributed by atoms with Crippen molar-refractivity contribution in [3.63, 3.8) is 0 Å². The van der Waals surface area contributed by atoms with Gasteiger partial charge in [-0.3, -0.25) is 9.59 Å². The van der Waals surface area contributed by atoms with Crippen LogP contribution in [0, 0.1) is 30.6 Å². The minimum Gasteiger partial charge on any atom is -0.481 e. The molecule has 1 aromatic carbocycles. The van der Waals surface area contributed by atoms with E-state index in [2.05, 4.69) is 38.2 Å². The van der Waals surface area contributed by atoms with Gasteiger partial charge in [-0.15, -0.1) is 11.3 Å². The van der Waals surface area contributed by atoms with Gasteiger partial charge in [0.25, 0.3) is 0 Å². The third kappa shape index (κ3) is 4.19. The van der Waals surface area contributed by atoms with E-state index in [1.54, 1.807) is 0 Å². The molecule has 0 saturated heterocycles. The van der Waals surface area contributed by atoms with Crippen LogP contribution in [-0.4, -0.2) is 30.1 Å². The highest BCUT2D eigenvalue weighted by molar-refractivity contribution is 7.17. The summed E-state index contributed by atoms with van der Waals surface area (Å²) in [5, 5.41) is 13.1. The summed E-state index contributed by atoms with van der Waals surface area (Å²) in [4.78, 5) is 38.8. The minimum atomic E-state index is -0.905. The van der Waals surface area contributed by atoms with Crippen LogP contribution in [0.15, 0.2) is 24.3 Å². The Bertz CT molecular complexity index is 1100. The first-order valence-corrected chi connectivity index (χ1v) is 12.2. The molecule has 33 heavy (non-hydrogen) atoms. The van der Waals surface area contributed by atoms with Gasteiger partial charge in [-0.2, -0.15) is 0 Å². The number of rotatable bonds is 5. The molecule has 0 radical (unpaired) electrons. The van der Waals surface area contributed by atoms with Crippen molar-refractivity contribution in [2.24, 2.45) is 23.7 Å². The van der Waals surface area contributed by atoms with Crippen LogP contribution in [0.5, 0.6) is 0 Å². The highest BCUT2D eigenvalue weighted by atomic mass is 32.1. The minimum absolute atomic E-state index is 0.00782. The maximum absolute atomic E-state index is 13.3. The summed E-state index contributed by atoms with van der Waals surface area (Å²) < 4.78 is 5.07. The molecule has 1 aromatic heterocycles. The van der Waals surface area contributed by atoms with Gasteiger partial charge in [0.2, 0.25) is 5.91 Å². The van der Waals surface area contributed by atoms with Gasteiger partial charge in [0, 0.05) is 10.4 Å². The molecule has 1 amide bonds. The summed E-state index contributed by atoms with van der Waals surface area (Å²) in [6.07, 6.45) is 2.53. The number of hydrogen-bond acceptors (Lipinski definition) is 5. The number of esters is 1. The predicted octanol–water partition coefficient (Wildman–Crippen LogP) is 5.49. The monoisotopic (exact) mass is 469 g/mol. The van der Waals surface area contributed by atoms with E-state index in [-0.39, 0.29) is 23.2 Å². The number of carboxylic acids is 1. The topological polar surface area (TPSA) is 92.7 Å². The van der Waals surface area contributed by atoms with Gasteiger partial charge in [-0.05, 0) is 54.6 Å². The van der Waals surface area contributed by atoms with Crippen LogP contribution in [0.4, 0.5) is 5.00 Å². The van der Waals surface area contributed by atoms with Crippen molar-refractivity contribution in [1.82, 2.24) is 0 Å². The Morgan fingerprint density at radius 2 is 1.67 bits per heavy atom. The quantitative estimate of drug-likeness (QED) is 0.565. The third-order valence-electron chi connectivity index (χ3n) is 7.25.